The molecule has 6 nitrogen and oxygen atoms in total. The Hall–Kier alpha value is -2.76. The number of rotatable bonds is 5. The van der Waals surface area contributed by atoms with Crippen molar-refractivity contribution in [1.29, 1.82) is 0 Å². The van der Waals surface area contributed by atoms with E-state index in [0.29, 0.717) is 25.3 Å². The second-order valence-electron chi connectivity index (χ2n) is 8.70. The third kappa shape index (κ3) is 4.34. The summed E-state index contributed by atoms with van der Waals surface area (Å²) in [6.07, 6.45) is 2.81. The molecule has 0 saturated carbocycles. The first-order chi connectivity index (χ1) is 14.9. The van der Waals surface area contributed by atoms with Gasteiger partial charge in [0, 0.05) is 51.4 Å². The summed E-state index contributed by atoms with van der Waals surface area (Å²) < 4.78 is 12.1. The molecule has 31 heavy (non-hydrogen) atoms. The van der Waals surface area contributed by atoms with E-state index >= 15 is 0 Å². The number of likely N-dealkylation sites (tertiary alicyclic amines) is 1. The number of carbonyl (C=O) groups is 2. The van der Waals surface area contributed by atoms with Gasteiger partial charge in [0.15, 0.2) is 5.76 Å². The quantitative estimate of drug-likeness (QED) is 0.714. The van der Waals surface area contributed by atoms with E-state index in [1.54, 1.807) is 6.07 Å². The minimum absolute atomic E-state index is 0.0626. The fourth-order valence-electron chi connectivity index (χ4n) is 4.97. The largest absolute Gasteiger partial charge is 0.487 e. The molecular weight excluding hydrogens is 392 g/mol. The molecule has 3 heterocycles. The highest BCUT2D eigenvalue weighted by molar-refractivity contribution is 5.91. The molecule has 1 spiro atoms. The van der Waals surface area contributed by atoms with E-state index in [1.807, 2.05) is 54.8 Å². The maximum atomic E-state index is 12.9. The van der Waals surface area contributed by atoms with Gasteiger partial charge in [-0.1, -0.05) is 18.2 Å². The SMILES string of the molecule is CCN(CC)C(=O)C[C@H]1CC2(CCN(C(=O)c3ccc(C)o3)CC2)Oc2ccccc21. The van der Waals surface area contributed by atoms with Crippen LogP contribution in [0.15, 0.2) is 40.8 Å². The first-order valence-corrected chi connectivity index (χ1v) is 11.4. The molecule has 2 amide bonds. The van der Waals surface area contributed by atoms with Crippen molar-refractivity contribution in [2.45, 2.75) is 58.0 Å². The molecule has 0 aliphatic carbocycles. The molecule has 0 unspecified atom stereocenters. The van der Waals surface area contributed by atoms with E-state index in [0.717, 1.165) is 49.4 Å². The Morgan fingerprint density at radius 2 is 1.81 bits per heavy atom. The number of fused-ring (bicyclic) bond motifs is 1. The summed E-state index contributed by atoms with van der Waals surface area (Å²) in [5, 5.41) is 0. The van der Waals surface area contributed by atoms with Gasteiger partial charge in [0.2, 0.25) is 5.91 Å². The number of furan rings is 1. The standard InChI is InChI=1S/C25H32N2O4/c1-4-26(5-2)23(28)16-19-17-25(31-21-9-7-6-8-20(19)21)12-14-27(15-13-25)24(29)22-11-10-18(3)30-22/h6-11,19H,4-5,12-17H2,1-3H3/t19-/m0/s1. The van der Waals surface area contributed by atoms with E-state index in [9.17, 15) is 9.59 Å². The van der Waals surface area contributed by atoms with Crippen molar-refractivity contribution in [1.82, 2.24) is 9.80 Å². The highest BCUT2D eigenvalue weighted by Crippen LogP contribution is 2.46. The Morgan fingerprint density at radius 1 is 1.10 bits per heavy atom. The first kappa shape index (κ1) is 21.5. The van der Waals surface area contributed by atoms with E-state index in [1.165, 1.54) is 0 Å². The van der Waals surface area contributed by atoms with Crippen molar-refractivity contribution in [2.24, 2.45) is 0 Å². The van der Waals surface area contributed by atoms with Gasteiger partial charge in [0.05, 0.1) is 0 Å². The molecule has 2 aliphatic rings. The van der Waals surface area contributed by atoms with Gasteiger partial charge < -0.3 is 19.0 Å². The lowest BCUT2D eigenvalue weighted by Gasteiger charge is -2.47. The van der Waals surface area contributed by atoms with Crippen LogP contribution in [0.5, 0.6) is 5.75 Å². The maximum Gasteiger partial charge on any atom is 0.289 e. The van der Waals surface area contributed by atoms with Crippen LogP contribution >= 0.6 is 0 Å². The van der Waals surface area contributed by atoms with Crippen molar-refractivity contribution in [3.8, 4) is 5.75 Å². The van der Waals surface area contributed by atoms with Crippen LogP contribution in [0.3, 0.4) is 0 Å². The number of hydrogen-bond donors (Lipinski definition) is 0. The maximum absolute atomic E-state index is 12.9. The molecule has 1 atom stereocenters. The first-order valence-electron chi connectivity index (χ1n) is 11.4. The third-order valence-electron chi connectivity index (χ3n) is 6.75. The van der Waals surface area contributed by atoms with Crippen molar-refractivity contribution < 1.29 is 18.7 Å². The normalized spacial score (nSPS) is 19.6. The van der Waals surface area contributed by atoms with Crippen molar-refractivity contribution in [3.63, 3.8) is 0 Å². The third-order valence-corrected chi connectivity index (χ3v) is 6.75. The monoisotopic (exact) mass is 424 g/mol. The van der Waals surface area contributed by atoms with Crippen molar-refractivity contribution >= 4 is 11.8 Å². The minimum atomic E-state index is -0.335. The van der Waals surface area contributed by atoms with Gasteiger partial charge in [0.25, 0.3) is 5.91 Å². The van der Waals surface area contributed by atoms with Gasteiger partial charge in [-0.3, -0.25) is 9.59 Å². The van der Waals surface area contributed by atoms with Crippen LogP contribution in [0, 0.1) is 6.92 Å². The highest BCUT2D eigenvalue weighted by atomic mass is 16.5. The van der Waals surface area contributed by atoms with Crippen LogP contribution in [-0.2, 0) is 4.79 Å². The van der Waals surface area contributed by atoms with Crippen LogP contribution in [0.25, 0.3) is 0 Å². The Labute approximate surface area is 184 Å². The number of benzene rings is 1. The number of amides is 2. The smallest absolute Gasteiger partial charge is 0.289 e. The van der Waals surface area contributed by atoms with Crippen molar-refractivity contribution in [2.75, 3.05) is 26.2 Å². The number of ether oxygens (including phenoxy) is 1. The summed E-state index contributed by atoms with van der Waals surface area (Å²) in [6, 6.07) is 11.6. The molecule has 166 valence electrons. The van der Waals surface area contributed by atoms with E-state index in [2.05, 4.69) is 6.07 Å². The zero-order chi connectivity index (χ0) is 22.0. The summed E-state index contributed by atoms with van der Waals surface area (Å²) >= 11 is 0. The number of hydrogen-bond acceptors (Lipinski definition) is 4. The van der Waals surface area contributed by atoms with Gasteiger partial charge in [-0.2, -0.15) is 0 Å². The van der Waals surface area contributed by atoms with E-state index in [4.69, 9.17) is 9.15 Å². The van der Waals surface area contributed by atoms with E-state index in [-0.39, 0.29) is 23.3 Å². The zero-order valence-electron chi connectivity index (χ0n) is 18.7. The minimum Gasteiger partial charge on any atom is -0.487 e. The van der Waals surface area contributed by atoms with Gasteiger partial charge in [-0.05, 0) is 51.0 Å². The second kappa shape index (κ2) is 8.77. The summed E-state index contributed by atoms with van der Waals surface area (Å²) in [7, 11) is 0. The number of para-hydroxylation sites is 1. The van der Waals surface area contributed by atoms with Crippen LogP contribution < -0.4 is 4.74 Å². The molecule has 1 aromatic carbocycles. The predicted molar refractivity (Wildman–Crippen MR) is 118 cm³/mol. The Kier molecular flexibility index (Phi) is 6.08. The molecule has 1 fully saturated rings. The second-order valence-corrected chi connectivity index (χ2v) is 8.70. The molecule has 0 bridgehead atoms. The summed E-state index contributed by atoms with van der Waals surface area (Å²) in [5.74, 6) is 2.28. The Morgan fingerprint density at radius 3 is 2.45 bits per heavy atom. The topological polar surface area (TPSA) is 63.0 Å². The highest BCUT2D eigenvalue weighted by Gasteiger charge is 2.44. The summed E-state index contributed by atoms with van der Waals surface area (Å²) in [5.41, 5.74) is 0.788. The molecule has 1 saturated heterocycles. The number of piperidine rings is 1. The Bertz CT molecular complexity index is 939. The fraction of sp³-hybridized carbons (Fsp3) is 0.520. The molecule has 0 radical (unpaired) electrons. The number of carbonyl (C=O) groups excluding carboxylic acids is 2. The van der Waals surface area contributed by atoms with Gasteiger partial charge in [-0.25, -0.2) is 0 Å². The zero-order valence-corrected chi connectivity index (χ0v) is 18.7. The average molecular weight is 425 g/mol. The average Bonchev–Trinajstić information content (AvgIpc) is 3.21. The predicted octanol–water partition coefficient (Wildman–Crippen LogP) is 4.39. The molecule has 2 aromatic rings. The van der Waals surface area contributed by atoms with Gasteiger partial charge >= 0.3 is 0 Å². The molecule has 0 N–H and O–H groups in total. The summed E-state index contributed by atoms with van der Waals surface area (Å²) in [6.45, 7) is 8.59. The van der Waals surface area contributed by atoms with Crippen LogP contribution in [0.1, 0.15) is 67.3 Å². The lowest BCUT2D eigenvalue weighted by Crippen LogP contribution is -2.52. The lowest BCUT2D eigenvalue weighted by atomic mass is 9.76. The molecule has 1 aromatic heterocycles. The van der Waals surface area contributed by atoms with Crippen molar-refractivity contribution in [3.05, 3.63) is 53.5 Å². The van der Waals surface area contributed by atoms with Crippen LogP contribution in [-0.4, -0.2) is 53.4 Å². The summed E-state index contributed by atoms with van der Waals surface area (Å²) in [4.78, 5) is 29.4. The van der Waals surface area contributed by atoms with Gasteiger partial charge in [-0.15, -0.1) is 0 Å². The Balaban J connectivity index is 1.49. The van der Waals surface area contributed by atoms with E-state index < -0.39 is 0 Å². The molecule has 2 aliphatic heterocycles. The van der Waals surface area contributed by atoms with Crippen LogP contribution in [0.2, 0.25) is 0 Å². The number of aryl methyl sites for hydroxylation is 1. The molecule has 4 rings (SSSR count). The fourth-order valence-corrected chi connectivity index (χ4v) is 4.97. The number of nitrogens with zero attached hydrogens (tertiary/aromatic N) is 2. The molecule has 6 heteroatoms. The molecular formula is C25H32N2O4. The lowest BCUT2D eigenvalue weighted by molar-refractivity contribution is -0.131. The van der Waals surface area contributed by atoms with Crippen LogP contribution in [0.4, 0.5) is 0 Å². The van der Waals surface area contributed by atoms with Gasteiger partial charge in [0.1, 0.15) is 17.1 Å².